The van der Waals surface area contributed by atoms with Crippen molar-refractivity contribution in [3.63, 3.8) is 0 Å². The Balaban J connectivity index is 1.89. The molecule has 1 aromatic carbocycles. The van der Waals surface area contributed by atoms with Crippen LogP contribution in [0.2, 0.25) is 0 Å². The fourth-order valence-corrected chi connectivity index (χ4v) is 2.37. The molecule has 0 spiro atoms. The van der Waals surface area contributed by atoms with Crippen LogP contribution in [0.5, 0.6) is 0 Å². The minimum Gasteiger partial charge on any atom is -0.308 e. The van der Waals surface area contributed by atoms with Crippen LogP contribution in [0.3, 0.4) is 0 Å². The van der Waals surface area contributed by atoms with E-state index in [0.29, 0.717) is 17.1 Å². The van der Waals surface area contributed by atoms with Crippen molar-refractivity contribution in [2.24, 2.45) is 5.84 Å². The van der Waals surface area contributed by atoms with Gasteiger partial charge < -0.3 is 5.43 Å². The summed E-state index contributed by atoms with van der Waals surface area (Å²) >= 11 is 0. The molecule has 1 aliphatic rings. The summed E-state index contributed by atoms with van der Waals surface area (Å²) in [6, 6.07) is 12.4. The Bertz CT molecular complexity index is 714. The number of pyridine rings is 1. The number of rotatable bonds is 3. The summed E-state index contributed by atoms with van der Waals surface area (Å²) in [6.07, 6.45) is 0.233. The van der Waals surface area contributed by atoms with Crippen molar-refractivity contribution in [2.45, 2.75) is 13.0 Å². The third-order valence-electron chi connectivity index (χ3n) is 3.41. The summed E-state index contributed by atoms with van der Waals surface area (Å²) in [4.78, 5) is 30.0. The zero-order valence-electron chi connectivity index (χ0n) is 11.2. The minimum atomic E-state index is -0.283. The predicted molar refractivity (Wildman–Crippen MR) is 77.1 cm³/mol. The zero-order chi connectivity index (χ0) is 14.8. The molecule has 0 atom stereocenters. The predicted octanol–water partition coefficient (Wildman–Crippen LogP) is 1.09. The molecule has 0 fully saturated rings. The molecule has 106 valence electrons. The first kappa shape index (κ1) is 13.3. The van der Waals surface area contributed by atoms with Crippen molar-refractivity contribution >= 4 is 17.6 Å². The van der Waals surface area contributed by atoms with Gasteiger partial charge in [-0.25, -0.2) is 10.8 Å². The standard InChI is InChI=1S/C15H14N4O2/c16-18-13-7-3-5-11(17-13)9-19-14(20)8-10-4-1-2-6-12(10)15(19)21/h1-7H,8-9,16H2,(H,17,18). The van der Waals surface area contributed by atoms with Gasteiger partial charge in [0, 0.05) is 5.56 Å². The van der Waals surface area contributed by atoms with Gasteiger partial charge in [-0.05, 0) is 23.8 Å². The Morgan fingerprint density at radius 2 is 1.95 bits per heavy atom. The monoisotopic (exact) mass is 282 g/mol. The lowest BCUT2D eigenvalue weighted by Crippen LogP contribution is -2.41. The van der Waals surface area contributed by atoms with Crippen LogP contribution < -0.4 is 11.3 Å². The van der Waals surface area contributed by atoms with E-state index in [9.17, 15) is 9.59 Å². The summed E-state index contributed by atoms with van der Waals surface area (Å²) in [5.74, 6) is 5.30. The van der Waals surface area contributed by atoms with Gasteiger partial charge in [-0.1, -0.05) is 24.3 Å². The van der Waals surface area contributed by atoms with Crippen LogP contribution in [0.25, 0.3) is 0 Å². The largest absolute Gasteiger partial charge is 0.308 e. The number of nitrogen functional groups attached to an aromatic ring is 1. The normalized spacial score (nSPS) is 14.0. The van der Waals surface area contributed by atoms with E-state index in [0.717, 1.165) is 5.56 Å². The van der Waals surface area contributed by atoms with Crippen LogP contribution in [0.1, 0.15) is 21.6 Å². The average Bonchev–Trinajstić information content (AvgIpc) is 2.51. The lowest BCUT2D eigenvalue weighted by molar-refractivity contribution is -0.128. The first-order valence-electron chi connectivity index (χ1n) is 6.54. The number of carbonyl (C=O) groups is 2. The van der Waals surface area contributed by atoms with Crippen LogP contribution in [0.4, 0.5) is 5.82 Å². The molecule has 0 unspecified atom stereocenters. The van der Waals surface area contributed by atoms with Crippen molar-refractivity contribution < 1.29 is 9.59 Å². The number of benzene rings is 1. The number of hydrazine groups is 1. The molecule has 0 aliphatic carbocycles. The third-order valence-corrected chi connectivity index (χ3v) is 3.41. The first-order chi connectivity index (χ1) is 10.2. The number of imide groups is 1. The van der Waals surface area contributed by atoms with E-state index in [1.165, 1.54) is 4.90 Å². The highest BCUT2D eigenvalue weighted by molar-refractivity contribution is 6.09. The molecular weight excluding hydrogens is 268 g/mol. The second-order valence-electron chi connectivity index (χ2n) is 4.78. The fourth-order valence-electron chi connectivity index (χ4n) is 2.37. The third kappa shape index (κ3) is 2.48. The maximum Gasteiger partial charge on any atom is 0.261 e. The first-order valence-corrected chi connectivity index (χ1v) is 6.54. The molecule has 2 heterocycles. The summed E-state index contributed by atoms with van der Waals surface area (Å²) in [5.41, 5.74) is 4.39. The van der Waals surface area contributed by atoms with Crippen LogP contribution in [-0.2, 0) is 17.8 Å². The van der Waals surface area contributed by atoms with Gasteiger partial charge in [-0.3, -0.25) is 14.5 Å². The summed E-state index contributed by atoms with van der Waals surface area (Å²) < 4.78 is 0. The highest BCUT2D eigenvalue weighted by Gasteiger charge is 2.30. The smallest absolute Gasteiger partial charge is 0.261 e. The Kier molecular flexibility index (Phi) is 3.37. The molecule has 21 heavy (non-hydrogen) atoms. The number of aromatic nitrogens is 1. The van der Waals surface area contributed by atoms with Gasteiger partial charge in [0.25, 0.3) is 5.91 Å². The summed E-state index contributed by atoms with van der Waals surface area (Å²) in [7, 11) is 0. The van der Waals surface area contributed by atoms with Crippen molar-refractivity contribution in [1.29, 1.82) is 0 Å². The molecule has 6 heteroatoms. The van der Waals surface area contributed by atoms with Gasteiger partial charge in [0.2, 0.25) is 5.91 Å². The van der Waals surface area contributed by atoms with Crippen LogP contribution in [0, 0.1) is 0 Å². The van der Waals surface area contributed by atoms with Crippen LogP contribution in [-0.4, -0.2) is 21.7 Å². The highest BCUT2D eigenvalue weighted by Crippen LogP contribution is 2.21. The number of nitrogens with two attached hydrogens (primary N) is 1. The molecular formula is C15H14N4O2. The number of anilines is 1. The molecule has 0 bridgehead atoms. The number of nitrogens with one attached hydrogen (secondary N) is 1. The Labute approximate surface area is 121 Å². The van der Waals surface area contributed by atoms with Gasteiger partial charge >= 0.3 is 0 Å². The molecule has 6 nitrogen and oxygen atoms in total. The maximum absolute atomic E-state index is 12.4. The molecule has 0 saturated heterocycles. The Hall–Kier alpha value is -2.73. The van der Waals surface area contributed by atoms with E-state index in [1.54, 1.807) is 36.4 Å². The number of hydrogen-bond acceptors (Lipinski definition) is 5. The topological polar surface area (TPSA) is 88.3 Å². The number of amides is 2. The molecule has 2 amide bonds. The summed E-state index contributed by atoms with van der Waals surface area (Å²) in [5, 5.41) is 0. The SMILES string of the molecule is NNc1cccc(CN2C(=O)Cc3ccccc3C2=O)n1. The molecule has 0 saturated carbocycles. The van der Waals surface area contributed by atoms with E-state index >= 15 is 0 Å². The van der Waals surface area contributed by atoms with E-state index in [1.807, 2.05) is 6.07 Å². The lowest BCUT2D eigenvalue weighted by Gasteiger charge is -2.26. The number of carbonyl (C=O) groups excluding carboxylic acids is 2. The molecule has 1 aromatic heterocycles. The van der Waals surface area contributed by atoms with Crippen molar-refractivity contribution in [3.8, 4) is 0 Å². The van der Waals surface area contributed by atoms with E-state index in [4.69, 9.17) is 5.84 Å². The molecule has 2 aromatic rings. The van der Waals surface area contributed by atoms with E-state index < -0.39 is 0 Å². The van der Waals surface area contributed by atoms with E-state index in [2.05, 4.69) is 10.4 Å². The number of fused-ring (bicyclic) bond motifs is 1. The van der Waals surface area contributed by atoms with Gasteiger partial charge in [0.1, 0.15) is 5.82 Å². The van der Waals surface area contributed by atoms with Gasteiger partial charge in [-0.15, -0.1) is 0 Å². The van der Waals surface area contributed by atoms with Gasteiger partial charge in [0.15, 0.2) is 0 Å². The number of nitrogens with zero attached hydrogens (tertiary/aromatic N) is 2. The van der Waals surface area contributed by atoms with E-state index in [-0.39, 0.29) is 24.8 Å². The minimum absolute atomic E-state index is 0.140. The fraction of sp³-hybridized carbons (Fsp3) is 0.133. The van der Waals surface area contributed by atoms with Gasteiger partial charge in [-0.2, -0.15) is 0 Å². The zero-order valence-corrected chi connectivity index (χ0v) is 11.2. The molecule has 0 radical (unpaired) electrons. The van der Waals surface area contributed by atoms with Gasteiger partial charge in [0.05, 0.1) is 18.7 Å². The second-order valence-corrected chi connectivity index (χ2v) is 4.78. The van der Waals surface area contributed by atoms with Crippen molar-refractivity contribution in [1.82, 2.24) is 9.88 Å². The summed E-state index contributed by atoms with van der Waals surface area (Å²) in [6.45, 7) is 0.140. The van der Waals surface area contributed by atoms with Crippen molar-refractivity contribution in [3.05, 3.63) is 59.3 Å². The molecule has 3 rings (SSSR count). The second kappa shape index (κ2) is 5.34. The van der Waals surface area contributed by atoms with Crippen LogP contribution in [0.15, 0.2) is 42.5 Å². The quantitative estimate of drug-likeness (QED) is 0.500. The highest BCUT2D eigenvalue weighted by atomic mass is 16.2. The Morgan fingerprint density at radius 3 is 2.76 bits per heavy atom. The molecule has 3 N–H and O–H groups in total. The molecule has 1 aliphatic heterocycles. The Morgan fingerprint density at radius 1 is 1.14 bits per heavy atom. The van der Waals surface area contributed by atoms with Crippen molar-refractivity contribution in [2.75, 3.05) is 5.43 Å². The van der Waals surface area contributed by atoms with Crippen LogP contribution >= 0.6 is 0 Å². The number of hydrogen-bond donors (Lipinski definition) is 2. The lowest BCUT2D eigenvalue weighted by atomic mass is 9.98. The maximum atomic E-state index is 12.4. The average molecular weight is 282 g/mol.